The Bertz CT molecular complexity index is 836. The molecule has 0 radical (unpaired) electrons. The Balaban J connectivity index is 1.82. The predicted molar refractivity (Wildman–Crippen MR) is 85.3 cm³/mol. The van der Waals surface area contributed by atoms with E-state index in [0.29, 0.717) is 29.2 Å². The summed E-state index contributed by atoms with van der Waals surface area (Å²) in [5.74, 6) is 0.813. The van der Waals surface area contributed by atoms with Gasteiger partial charge in [0.2, 0.25) is 5.91 Å². The number of rotatable bonds is 3. The summed E-state index contributed by atoms with van der Waals surface area (Å²) in [7, 11) is 3.30. The number of fused-ring (bicyclic) bond motifs is 2. The predicted octanol–water partition coefficient (Wildman–Crippen LogP) is -0.795. The van der Waals surface area contributed by atoms with Crippen LogP contribution in [0, 0.1) is 18.3 Å². The van der Waals surface area contributed by atoms with E-state index in [1.807, 2.05) is 0 Å². The molecule has 1 amide bonds. The molecule has 2 saturated carbocycles. The van der Waals surface area contributed by atoms with Gasteiger partial charge in [-0.05, 0) is 13.3 Å². The van der Waals surface area contributed by atoms with Crippen LogP contribution in [0.25, 0.3) is 11.2 Å². The van der Waals surface area contributed by atoms with Crippen molar-refractivity contribution in [2.24, 2.45) is 11.3 Å². The van der Waals surface area contributed by atoms with Gasteiger partial charge in [0.1, 0.15) is 17.4 Å². The first-order chi connectivity index (χ1) is 11.5. The highest BCUT2D eigenvalue weighted by Gasteiger charge is 2.75. The van der Waals surface area contributed by atoms with E-state index in [2.05, 4.69) is 25.6 Å². The molecule has 2 aliphatic carbocycles. The Kier molecular flexibility index (Phi) is 3.10. The van der Waals surface area contributed by atoms with E-state index in [-0.39, 0.29) is 11.8 Å². The minimum atomic E-state index is -1.10. The third-order valence-corrected chi connectivity index (χ3v) is 5.41. The van der Waals surface area contributed by atoms with E-state index in [0.717, 1.165) is 0 Å². The van der Waals surface area contributed by atoms with Crippen molar-refractivity contribution in [3.63, 3.8) is 0 Å². The van der Waals surface area contributed by atoms with Crippen molar-refractivity contribution < 1.29 is 15.0 Å². The Labute approximate surface area is 138 Å². The number of anilines is 1. The molecule has 0 bridgehead atoms. The SMILES string of the molecule is CNC(=O)[C@@]12C[C@@H]1[C@@H](n1cnc3c(NC)nc(C)nc31)[C@H](O)[C@@H]2O. The molecule has 4 N–H and O–H groups in total. The van der Waals surface area contributed by atoms with Crippen molar-refractivity contribution in [3.8, 4) is 0 Å². The smallest absolute Gasteiger partial charge is 0.229 e. The maximum atomic E-state index is 12.2. The van der Waals surface area contributed by atoms with Crippen LogP contribution in [0.1, 0.15) is 18.3 Å². The molecule has 9 nitrogen and oxygen atoms in total. The summed E-state index contributed by atoms with van der Waals surface area (Å²) in [6.45, 7) is 1.78. The number of nitrogens with zero attached hydrogens (tertiary/aromatic N) is 4. The summed E-state index contributed by atoms with van der Waals surface area (Å²) in [6, 6.07) is -0.443. The molecule has 24 heavy (non-hydrogen) atoms. The molecule has 0 spiro atoms. The van der Waals surface area contributed by atoms with Gasteiger partial charge in [0, 0.05) is 20.0 Å². The number of hydrogen-bond donors (Lipinski definition) is 4. The fourth-order valence-corrected chi connectivity index (χ4v) is 4.20. The first kappa shape index (κ1) is 15.3. The molecule has 2 aromatic rings. The van der Waals surface area contributed by atoms with Crippen molar-refractivity contribution in [1.82, 2.24) is 24.8 Å². The van der Waals surface area contributed by atoms with E-state index in [9.17, 15) is 15.0 Å². The number of aliphatic hydroxyl groups is 2. The number of carbonyl (C=O) groups excluding carboxylic acids is 1. The lowest BCUT2D eigenvalue weighted by atomic mass is 9.98. The average Bonchev–Trinajstić information content (AvgIpc) is 3.12. The maximum Gasteiger partial charge on any atom is 0.229 e. The van der Waals surface area contributed by atoms with Crippen LogP contribution in [-0.2, 0) is 4.79 Å². The molecule has 5 atom stereocenters. The number of hydrogen-bond acceptors (Lipinski definition) is 7. The van der Waals surface area contributed by atoms with Crippen LogP contribution in [0.2, 0.25) is 0 Å². The first-order valence-corrected chi connectivity index (χ1v) is 7.93. The molecule has 2 aliphatic rings. The van der Waals surface area contributed by atoms with Gasteiger partial charge in [-0.1, -0.05) is 0 Å². The quantitative estimate of drug-likeness (QED) is 0.580. The molecule has 2 aromatic heterocycles. The standard InChI is InChI=1S/C15H20N6O3/c1-6-19-12(16-2)8-13(20-6)21(5-18-8)9-7-4-15(7,14(24)17-3)11(23)10(9)22/h5,7,9-11,22-23H,4H2,1-3H3,(H,17,24)(H,16,19,20)/t7-,9-,10+,11+,15+/m1/s1. The fourth-order valence-electron chi connectivity index (χ4n) is 4.20. The zero-order chi connectivity index (χ0) is 17.2. The third kappa shape index (κ3) is 1.71. The zero-order valence-electron chi connectivity index (χ0n) is 13.7. The molecule has 0 aliphatic heterocycles. The van der Waals surface area contributed by atoms with Crippen LogP contribution >= 0.6 is 0 Å². The molecule has 2 fully saturated rings. The van der Waals surface area contributed by atoms with Gasteiger partial charge in [0.25, 0.3) is 0 Å². The monoisotopic (exact) mass is 332 g/mol. The van der Waals surface area contributed by atoms with Crippen LogP contribution < -0.4 is 10.6 Å². The van der Waals surface area contributed by atoms with Crippen LogP contribution in [0.3, 0.4) is 0 Å². The fraction of sp³-hybridized carbons (Fsp3) is 0.600. The van der Waals surface area contributed by atoms with E-state index in [1.165, 1.54) is 0 Å². The summed E-state index contributed by atoms with van der Waals surface area (Å²) in [5.41, 5.74) is 0.272. The summed E-state index contributed by atoms with van der Waals surface area (Å²) in [6.07, 6.45) is -0.0141. The normalized spacial score (nSPS) is 34.2. The molecule has 0 unspecified atom stereocenters. The van der Waals surface area contributed by atoms with Crippen molar-refractivity contribution in [2.45, 2.75) is 31.6 Å². The van der Waals surface area contributed by atoms with Crippen LogP contribution in [0.4, 0.5) is 5.82 Å². The lowest BCUT2D eigenvalue weighted by Crippen LogP contribution is -2.41. The molecule has 128 valence electrons. The van der Waals surface area contributed by atoms with Gasteiger partial charge >= 0.3 is 0 Å². The van der Waals surface area contributed by atoms with Crippen LogP contribution in [0.15, 0.2) is 6.33 Å². The van der Waals surface area contributed by atoms with Crippen LogP contribution in [-0.4, -0.2) is 61.9 Å². The highest BCUT2D eigenvalue weighted by molar-refractivity contribution is 5.88. The molecular weight excluding hydrogens is 312 g/mol. The lowest BCUT2D eigenvalue weighted by molar-refractivity contribution is -0.132. The number of aliphatic hydroxyl groups excluding tert-OH is 2. The Morgan fingerprint density at radius 3 is 2.79 bits per heavy atom. The molecule has 4 rings (SSSR count). The molecular formula is C15H20N6O3. The number of nitrogens with one attached hydrogen (secondary N) is 2. The van der Waals surface area contributed by atoms with Gasteiger partial charge in [-0.2, -0.15) is 0 Å². The molecule has 2 heterocycles. The number of imidazole rings is 1. The van der Waals surface area contributed by atoms with E-state index in [4.69, 9.17) is 0 Å². The third-order valence-electron chi connectivity index (χ3n) is 5.41. The van der Waals surface area contributed by atoms with Gasteiger partial charge in [-0.3, -0.25) is 4.79 Å². The number of amides is 1. The van der Waals surface area contributed by atoms with Gasteiger partial charge in [-0.25, -0.2) is 15.0 Å². The van der Waals surface area contributed by atoms with Crippen molar-refractivity contribution in [2.75, 3.05) is 19.4 Å². The second kappa shape index (κ2) is 4.87. The molecule has 9 heteroatoms. The highest BCUT2D eigenvalue weighted by Crippen LogP contribution is 2.67. The van der Waals surface area contributed by atoms with Gasteiger partial charge in [-0.15, -0.1) is 0 Å². The molecule has 0 saturated heterocycles. The number of aromatic nitrogens is 4. The second-order valence-electron chi connectivity index (χ2n) is 6.55. The molecule has 0 aromatic carbocycles. The minimum absolute atomic E-state index is 0.145. The lowest BCUT2D eigenvalue weighted by Gasteiger charge is -2.23. The average molecular weight is 332 g/mol. The number of aryl methyl sites for hydroxylation is 1. The van der Waals surface area contributed by atoms with Gasteiger partial charge in [0.15, 0.2) is 11.5 Å². The maximum absolute atomic E-state index is 12.2. The van der Waals surface area contributed by atoms with Gasteiger partial charge in [0.05, 0.1) is 23.9 Å². The largest absolute Gasteiger partial charge is 0.389 e. The topological polar surface area (TPSA) is 125 Å². The summed E-state index contributed by atoms with van der Waals surface area (Å²) in [4.78, 5) is 25.3. The van der Waals surface area contributed by atoms with E-state index >= 15 is 0 Å². The highest BCUT2D eigenvalue weighted by atomic mass is 16.3. The Hall–Kier alpha value is -2.26. The Morgan fingerprint density at radius 1 is 1.38 bits per heavy atom. The first-order valence-electron chi connectivity index (χ1n) is 7.93. The summed E-state index contributed by atoms with van der Waals surface area (Å²) in [5, 5.41) is 26.6. The van der Waals surface area contributed by atoms with Crippen molar-refractivity contribution >= 4 is 22.9 Å². The zero-order valence-corrected chi connectivity index (χ0v) is 13.7. The van der Waals surface area contributed by atoms with E-state index in [1.54, 1.807) is 31.9 Å². The van der Waals surface area contributed by atoms with Crippen molar-refractivity contribution in [1.29, 1.82) is 0 Å². The van der Waals surface area contributed by atoms with Gasteiger partial charge < -0.3 is 25.4 Å². The summed E-state index contributed by atoms with van der Waals surface area (Å²) >= 11 is 0. The second-order valence-corrected chi connectivity index (χ2v) is 6.55. The van der Waals surface area contributed by atoms with E-state index < -0.39 is 23.7 Å². The van der Waals surface area contributed by atoms with Crippen molar-refractivity contribution in [3.05, 3.63) is 12.2 Å². The Morgan fingerprint density at radius 2 is 2.12 bits per heavy atom. The van der Waals surface area contributed by atoms with Crippen LogP contribution in [0.5, 0.6) is 0 Å². The minimum Gasteiger partial charge on any atom is -0.389 e. The summed E-state index contributed by atoms with van der Waals surface area (Å²) < 4.78 is 1.76. The number of carbonyl (C=O) groups is 1.